The zero-order valence-corrected chi connectivity index (χ0v) is 12.4. The Kier molecular flexibility index (Phi) is 3.62. The predicted molar refractivity (Wildman–Crippen MR) is 74.3 cm³/mol. The summed E-state index contributed by atoms with van der Waals surface area (Å²) in [5, 5.41) is 0. The first-order valence-electron chi connectivity index (χ1n) is 4.64. The van der Waals surface area contributed by atoms with Crippen LogP contribution in [0, 0.1) is 6.92 Å². The van der Waals surface area contributed by atoms with Crippen LogP contribution in [0.15, 0.2) is 39.3 Å². The van der Waals surface area contributed by atoms with Crippen molar-refractivity contribution in [3.63, 3.8) is 0 Å². The van der Waals surface area contributed by atoms with Crippen molar-refractivity contribution in [2.75, 3.05) is 0 Å². The van der Waals surface area contributed by atoms with Crippen molar-refractivity contribution in [3.8, 4) is 0 Å². The van der Waals surface area contributed by atoms with Gasteiger partial charge in [0.15, 0.2) is 0 Å². The first-order valence-corrected chi connectivity index (χ1v) is 7.04. The number of halogens is 2. The molecule has 0 saturated carbocycles. The maximum atomic E-state index is 12.1. The Morgan fingerprint density at radius 1 is 1.19 bits per heavy atom. The van der Waals surface area contributed by atoms with E-state index >= 15 is 0 Å². The van der Waals surface area contributed by atoms with Gasteiger partial charge in [0.25, 0.3) is 0 Å². The quantitative estimate of drug-likeness (QED) is 0.703. The molecule has 0 bridgehead atoms. The number of ketones is 1. The fourth-order valence-corrected chi connectivity index (χ4v) is 3.08. The second-order valence-electron chi connectivity index (χ2n) is 3.35. The molecular formula is C12H8Br2OS. The first-order chi connectivity index (χ1) is 7.58. The molecule has 0 unspecified atom stereocenters. The molecule has 0 amide bonds. The van der Waals surface area contributed by atoms with Crippen LogP contribution in [0.5, 0.6) is 0 Å². The van der Waals surface area contributed by atoms with Crippen LogP contribution in [0.3, 0.4) is 0 Å². The SMILES string of the molecule is Cc1sc(C(=O)c2ccc(Br)cc2)cc1Br. The van der Waals surface area contributed by atoms with E-state index in [4.69, 9.17) is 0 Å². The lowest BCUT2D eigenvalue weighted by atomic mass is 10.1. The maximum absolute atomic E-state index is 12.1. The highest BCUT2D eigenvalue weighted by molar-refractivity contribution is 9.10. The molecule has 0 aliphatic carbocycles. The van der Waals surface area contributed by atoms with Gasteiger partial charge in [0.05, 0.1) is 4.88 Å². The molecule has 0 spiro atoms. The monoisotopic (exact) mass is 358 g/mol. The molecule has 2 aromatic rings. The first kappa shape index (κ1) is 12.0. The van der Waals surface area contributed by atoms with Crippen molar-refractivity contribution in [3.05, 3.63) is 54.6 Å². The van der Waals surface area contributed by atoms with Gasteiger partial charge in [0.1, 0.15) is 0 Å². The lowest BCUT2D eigenvalue weighted by Gasteiger charge is -1.97. The minimum Gasteiger partial charge on any atom is -0.288 e. The Balaban J connectivity index is 2.35. The molecule has 1 aromatic heterocycles. The van der Waals surface area contributed by atoms with E-state index in [0.29, 0.717) is 0 Å². The number of carbonyl (C=O) groups is 1. The number of thiophene rings is 1. The predicted octanol–water partition coefficient (Wildman–Crippen LogP) is 4.81. The zero-order chi connectivity index (χ0) is 11.7. The van der Waals surface area contributed by atoms with Crippen molar-refractivity contribution in [1.29, 1.82) is 0 Å². The summed E-state index contributed by atoms with van der Waals surface area (Å²) in [5.41, 5.74) is 0.719. The van der Waals surface area contributed by atoms with Crippen molar-refractivity contribution in [2.45, 2.75) is 6.92 Å². The lowest BCUT2D eigenvalue weighted by Crippen LogP contribution is -1.97. The molecule has 82 valence electrons. The third-order valence-corrected chi connectivity index (χ3v) is 4.85. The second-order valence-corrected chi connectivity index (χ2v) is 6.38. The van der Waals surface area contributed by atoms with Gasteiger partial charge in [0.2, 0.25) is 5.78 Å². The molecule has 0 radical (unpaired) electrons. The summed E-state index contributed by atoms with van der Waals surface area (Å²) in [5.74, 6) is 0.0753. The van der Waals surface area contributed by atoms with Crippen molar-refractivity contribution < 1.29 is 4.79 Å². The zero-order valence-electron chi connectivity index (χ0n) is 8.46. The summed E-state index contributed by atoms with van der Waals surface area (Å²) in [6.07, 6.45) is 0. The summed E-state index contributed by atoms with van der Waals surface area (Å²) < 4.78 is 1.98. The van der Waals surface area contributed by atoms with Crippen LogP contribution >= 0.6 is 43.2 Å². The van der Waals surface area contributed by atoms with E-state index in [-0.39, 0.29) is 5.78 Å². The Morgan fingerprint density at radius 3 is 2.31 bits per heavy atom. The molecule has 2 rings (SSSR count). The molecule has 16 heavy (non-hydrogen) atoms. The van der Waals surface area contributed by atoms with Gasteiger partial charge in [-0.05, 0) is 53.2 Å². The van der Waals surface area contributed by atoms with E-state index in [9.17, 15) is 4.79 Å². The Labute approximate surface area is 115 Å². The molecule has 0 aliphatic heterocycles. The van der Waals surface area contributed by atoms with Gasteiger partial charge in [-0.15, -0.1) is 11.3 Å². The van der Waals surface area contributed by atoms with Gasteiger partial charge in [-0.1, -0.05) is 15.9 Å². The number of rotatable bonds is 2. The molecule has 0 atom stereocenters. The summed E-state index contributed by atoms with van der Waals surface area (Å²) in [4.78, 5) is 14.0. The van der Waals surface area contributed by atoms with Gasteiger partial charge in [-0.3, -0.25) is 4.79 Å². The van der Waals surface area contributed by atoms with E-state index in [0.717, 1.165) is 24.3 Å². The highest BCUT2D eigenvalue weighted by Crippen LogP contribution is 2.28. The topological polar surface area (TPSA) is 17.1 Å². The number of hydrogen-bond donors (Lipinski definition) is 0. The molecular weight excluding hydrogens is 352 g/mol. The third-order valence-electron chi connectivity index (χ3n) is 2.19. The fourth-order valence-electron chi connectivity index (χ4n) is 1.32. The number of hydrogen-bond acceptors (Lipinski definition) is 2. The van der Waals surface area contributed by atoms with Gasteiger partial charge in [-0.2, -0.15) is 0 Å². The standard InChI is InChI=1S/C12H8Br2OS/c1-7-10(14)6-11(16-7)12(15)8-2-4-9(13)5-3-8/h2-6H,1H3. The average molecular weight is 360 g/mol. The largest absolute Gasteiger partial charge is 0.288 e. The highest BCUT2D eigenvalue weighted by Gasteiger charge is 2.13. The number of benzene rings is 1. The second kappa shape index (κ2) is 4.82. The molecule has 0 saturated heterocycles. The Bertz CT molecular complexity index is 509. The van der Waals surface area contributed by atoms with Crippen LogP contribution in [0.1, 0.15) is 20.1 Å². The van der Waals surface area contributed by atoms with Gasteiger partial charge in [-0.25, -0.2) is 0 Å². The molecule has 1 aromatic carbocycles. The van der Waals surface area contributed by atoms with E-state index < -0.39 is 0 Å². The lowest BCUT2D eigenvalue weighted by molar-refractivity contribution is 0.104. The van der Waals surface area contributed by atoms with E-state index in [1.165, 1.54) is 11.3 Å². The van der Waals surface area contributed by atoms with Crippen LogP contribution in [-0.2, 0) is 0 Å². The third kappa shape index (κ3) is 2.44. The van der Waals surface area contributed by atoms with E-state index in [2.05, 4.69) is 31.9 Å². The van der Waals surface area contributed by atoms with E-state index in [1.807, 2.05) is 37.3 Å². The summed E-state index contributed by atoms with van der Waals surface area (Å²) in [6.45, 7) is 1.99. The van der Waals surface area contributed by atoms with Crippen molar-refractivity contribution in [1.82, 2.24) is 0 Å². The molecule has 0 aliphatic rings. The molecule has 1 nitrogen and oxygen atoms in total. The normalized spacial score (nSPS) is 10.4. The van der Waals surface area contributed by atoms with Crippen molar-refractivity contribution in [2.24, 2.45) is 0 Å². The highest BCUT2D eigenvalue weighted by atomic mass is 79.9. The van der Waals surface area contributed by atoms with Crippen LogP contribution in [0.2, 0.25) is 0 Å². The molecule has 4 heteroatoms. The van der Waals surface area contributed by atoms with Gasteiger partial charge >= 0.3 is 0 Å². The summed E-state index contributed by atoms with van der Waals surface area (Å²) >= 11 is 8.28. The number of aryl methyl sites for hydroxylation is 1. The smallest absolute Gasteiger partial charge is 0.202 e. The number of carbonyl (C=O) groups excluding carboxylic acids is 1. The summed E-state index contributed by atoms with van der Waals surface area (Å²) in [6, 6.07) is 9.29. The minimum atomic E-state index is 0.0753. The van der Waals surface area contributed by atoms with Gasteiger partial charge in [0, 0.05) is 19.4 Å². The van der Waals surface area contributed by atoms with Crippen LogP contribution in [0.4, 0.5) is 0 Å². The average Bonchev–Trinajstić information content (AvgIpc) is 2.59. The fraction of sp³-hybridized carbons (Fsp3) is 0.0833. The molecule has 0 fully saturated rings. The molecule has 1 heterocycles. The molecule has 0 N–H and O–H groups in total. The minimum absolute atomic E-state index is 0.0753. The Morgan fingerprint density at radius 2 is 1.81 bits per heavy atom. The van der Waals surface area contributed by atoms with E-state index in [1.54, 1.807) is 0 Å². The van der Waals surface area contributed by atoms with Crippen LogP contribution in [-0.4, -0.2) is 5.78 Å². The van der Waals surface area contributed by atoms with Crippen LogP contribution < -0.4 is 0 Å². The van der Waals surface area contributed by atoms with Gasteiger partial charge < -0.3 is 0 Å². The summed E-state index contributed by atoms with van der Waals surface area (Å²) in [7, 11) is 0. The van der Waals surface area contributed by atoms with Crippen molar-refractivity contribution >= 4 is 49.0 Å². The maximum Gasteiger partial charge on any atom is 0.202 e. The van der Waals surface area contributed by atoms with Crippen LogP contribution in [0.25, 0.3) is 0 Å². The Hall–Kier alpha value is -0.450.